The Morgan fingerprint density at radius 1 is 1.62 bits per heavy atom. The molecule has 1 aromatic carbocycles. The van der Waals surface area contributed by atoms with Crippen molar-refractivity contribution in [1.82, 2.24) is 5.32 Å². The quantitative estimate of drug-likeness (QED) is 0.798. The molecular formula is C10H12BrFN2O2. The Balaban J connectivity index is 2.59. The van der Waals surface area contributed by atoms with Crippen molar-refractivity contribution in [2.24, 2.45) is 0 Å². The fraction of sp³-hybridized carbons (Fsp3) is 0.300. The Hall–Kier alpha value is -1.14. The van der Waals surface area contributed by atoms with Gasteiger partial charge in [0.1, 0.15) is 5.82 Å². The highest BCUT2D eigenvalue weighted by molar-refractivity contribution is 9.10. The second kappa shape index (κ2) is 5.81. The number of nitrogens with one attached hydrogen (secondary N) is 2. The molecule has 0 aliphatic rings. The molecule has 3 N–H and O–H groups in total. The van der Waals surface area contributed by atoms with Crippen LogP contribution >= 0.6 is 15.9 Å². The van der Waals surface area contributed by atoms with Gasteiger partial charge in [0.25, 0.3) is 0 Å². The molecule has 1 atom stereocenters. The maximum absolute atomic E-state index is 12.9. The highest BCUT2D eigenvalue weighted by Gasteiger charge is 2.07. The van der Waals surface area contributed by atoms with E-state index in [4.69, 9.17) is 5.11 Å². The molecule has 2 amide bonds. The van der Waals surface area contributed by atoms with Crippen LogP contribution in [0.4, 0.5) is 14.9 Å². The molecule has 0 spiro atoms. The number of aliphatic hydroxyl groups is 1. The SMILES string of the molecule is C[C@@H](CO)NC(=O)Nc1ccc(F)c(Br)c1. The van der Waals surface area contributed by atoms with Crippen molar-refractivity contribution >= 4 is 27.6 Å². The Kier molecular flexibility index (Phi) is 4.70. The minimum atomic E-state index is -0.444. The van der Waals surface area contributed by atoms with Crippen LogP contribution in [0.25, 0.3) is 0 Å². The van der Waals surface area contributed by atoms with Gasteiger partial charge in [-0.1, -0.05) is 0 Å². The lowest BCUT2D eigenvalue weighted by atomic mass is 10.3. The molecule has 4 nitrogen and oxygen atoms in total. The average molecular weight is 291 g/mol. The largest absolute Gasteiger partial charge is 0.394 e. The number of rotatable bonds is 3. The lowest BCUT2D eigenvalue weighted by Gasteiger charge is -2.12. The fourth-order valence-corrected chi connectivity index (χ4v) is 1.39. The Morgan fingerprint density at radius 3 is 2.88 bits per heavy atom. The standard InChI is InChI=1S/C10H12BrFN2O2/c1-6(5-15)13-10(16)14-7-2-3-9(12)8(11)4-7/h2-4,6,15H,5H2,1H3,(H2,13,14,16)/t6-/m0/s1. The molecule has 1 aromatic rings. The van der Waals surface area contributed by atoms with Crippen molar-refractivity contribution in [3.63, 3.8) is 0 Å². The van der Waals surface area contributed by atoms with E-state index in [1.54, 1.807) is 6.92 Å². The number of benzene rings is 1. The molecule has 6 heteroatoms. The summed E-state index contributed by atoms with van der Waals surface area (Å²) in [4.78, 5) is 11.3. The van der Waals surface area contributed by atoms with E-state index < -0.39 is 11.8 Å². The first-order valence-electron chi connectivity index (χ1n) is 4.66. The zero-order chi connectivity index (χ0) is 12.1. The molecule has 88 valence electrons. The zero-order valence-electron chi connectivity index (χ0n) is 8.63. The van der Waals surface area contributed by atoms with E-state index in [1.807, 2.05) is 0 Å². The lowest BCUT2D eigenvalue weighted by Crippen LogP contribution is -2.38. The number of hydrogen-bond donors (Lipinski definition) is 3. The van der Waals surface area contributed by atoms with Crippen LogP contribution in [0.5, 0.6) is 0 Å². The first-order valence-corrected chi connectivity index (χ1v) is 5.45. The summed E-state index contributed by atoms with van der Waals surface area (Å²) in [6.07, 6.45) is 0. The number of carbonyl (C=O) groups excluding carboxylic acids is 1. The number of aliphatic hydroxyl groups excluding tert-OH is 1. The van der Waals surface area contributed by atoms with Gasteiger partial charge in [-0.25, -0.2) is 9.18 Å². The molecule has 16 heavy (non-hydrogen) atoms. The third kappa shape index (κ3) is 3.79. The Morgan fingerprint density at radius 2 is 2.31 bits per heavy atom. The molecule has 1 rings (SSSR count). The van der Waals surface area contributed by atoms with E-state index in [2.05, 4.69) is 26.6 Å². The second-order valence-corrected chi connectivity index (χ2v) is 4.17. The van der Waals surface area contributed by atoms with Crippen LogP contribution in [0, 0.1) is 5.82 Å². The summed E-state index contributed by atoms with van der Waals surface area (Å²) in [7, 11) is 0. The molecule has 0 radical (unpaired) electrons. The van der Waals surface area contributed by atoms with Crippen LogP contribution in [0.3, 0.4) is 0 Å². The van der Waals surface area contributed by atoms with Gasteiger partial charge in [0.05, 0.1) is 17.1 Å². The number of urea groups is 1. The average Bonchev–Trinajstić information content (AvgIpc) is 2.23. The predicted octanol–water partition coefficient (Wildman–Crippen LogP) is 2.09. The molecule has 0 heterocycles. The summed E-state index contributed by atoms with van der Waals surface area (Å²) in [5.41, 5.74) is 0.468. The van der Waals surface area contributed by atoms with Gasteiger partial charge < -0.3 is 15.7 Å². The van der Waals surface area contributed by atoms with Gasteiger partial charge in [0.2, 0.25) is 0 Å². The summed E-state index contributed by atoms with van der Waals surface area (Å²) in [5.74, 6) is -0.394. The van der Waals surface area contributed by atoms with Crippen LogP contribution in [-0.4, -0.2) is 23.8 Å². The molecule has 0 saturated heterocycles. The summed E-state index contributed by atoms with van der Waals surface area (Å²) in [6.45, 7) is 1.53. The number of hydrogen-bond acceptors (Lipinski definition) is 2. The van der Waals surface area contributed by atoms with Crippen LogP contribution in [0.15, 0.2) is 22.7 Å². The van der Waals surface area contributed by atoms with Crippen LogP contribution in [0.2, 0.25) is 0 Å². The smallest absolute Gasteiger partial charge is 0.319 e. The molecule has 0 fully saturated rings. The summed E-state index contributed by atoms with van der Waals surface area (Å²) in [6, 6.07) is 3.38. The van der Waals surface area contributed by atoms with E-state index in [0.717, 1.165) is 0 Å². The van der Waals surface area contributed by atoms with E-state index >= 15 is 0 Å². The van der Waals surface area contributed by atoms with Gasteiger partial charge in [-0.05, 0) is 41.1 Å². The highest BCUT2D eigenvalue weighted by Crippen LogP contribution is 2.19. The lowest BCUT2D eigenvalue weighted by molar-refractivity contribution is 0.229. The number of anilines is 1. The first kappa shape index (κ1) is 12.9. The van der Waals surface area contributed by atoms with Crippen molar-refractivity contribution in [2.75, 3.05) is 11.9 Å². The molecule has 0 saturated carbocycles. The number of halogens is 2. The topological polar surface area (TPSA) is 61.4 Å². The molecule has 0 unspecified atom stereocenters. The van der Waals surface area contributed by atoms with Gasteiger partial charge in [-0.3, -0.25) is 0 Å². The van der Waals surface area contributed by atoms with Crippen molar-refractivity contribution in [3.8, 4) is 0 Å². The molecule has 0 aromatic heterocycles. The third-order valence-corrected chi connectivity index (χ3v) is 2.44. The van der Waals surface area contributed by atoms with Crippen LogP contribution < -0.4 is 10.6 Å². The third-order valence-electron chi connectivity index (χ3n) is 1.83. The Bertz CT molecular complexity index is 387. The van der Waals surface area contributed by atoms with Crippen molar-refractivity contribution in [2.45, 2.75) is 13.0 Å². The van der Waals surface area contributed by atoms with Gasteiger partial charge in [-0.15, -0.1) is 0 Å². The number of amides is 2. The van der Waals surface area contributed by atoms with Crippen LogP contribution in [0.1, 0.15) is 6.92 Å². The van der Waals surface area contributed by atoms with Gasteiger partial charge in [0.15, 0.2) is 0 Å². The van der Waals surface area contributed by atoms with Gasteiger partial charge in [0, 0.05) is 5.69 Å². The van der Waals surface area contributed by atoms with Crippen molar-refractivity contribution < 1.29 is 14.3 Å². The second-order valence-electron chi connectivity index (χ2n) is 3.31. The van der Waals surface area contributed by atoms with Gasteiger partial charge in [-0.2, -0.15) is 0 Å². The predicted molar refractivity (Wildman–Crippen MR) is 62.8 cm³/mol. The zero-order valence-corrected chi connectivity index (χ0v) is 10.2. The monoisotopic (exact) mass is 290 g/mol. The van der Waals surface area contributed by atoms with Crippen molar-refractivity contribution in [1.29, 1.82) is 0 Å². The maximum atomic E-state index is 12.9. The van der Waals surface area contributed by atoms with E-state index in [-0.39, 0.29) is 17.1 Å². The minimum Gasteiger partial charge on any atom is -0.394 e. The van der Waals surface area contributed by atoms with Gasteiger partial charge >= 0.3 is 6.03 Å². The normalized spacial score (nSPS) is 12.0. The molecule has 0 bridgehead atoms. The maximum Gasteiger partial charge on any atom is 0.319 e. The fourth-order valence-electron chi connectivity index (χ4n) is 1.01. The summed E-state index contributed by atoms with van der Waals surface area (Å²) in [5, 5.41) is 13.8. The van der Waals surface area contributed by atoms with Crippen molar-refractivity contribution in [3.05, 3.63) is 28.5 Å². The molecular weight excluding hydrogens is 279 g/mol. The molecule has 0 aliphatic heterocycles. The van der Waals surface area contributed by atoms with E-state index in [0.29, 0.717) is 5.69 Å². The van der Waals surface area contributed by atoms with Crippen LogP contribution in [-0.2, 0) is 0 Å². The minimum absolute atomic E-state index is 0.138. The summed E-state index contributed by atoms with van der Waals surface area (Å²) < 4.78 is 13.2. The Labute approximate surface area is 101 Å². The highest BCUT2D eigenvalue weighted by atomic mass is 79.9. The first-order chi connectivity index (χ1) is 7.52. The number of carbonyl (C=O) groups is 1. The molecule has 0 aliphatic carbocycles. The van der Waals surface area contributed by atoms with E-state index in [1.165, 1.54) is 18.2 Å². The summed E-state index contributed by atoms with van der Waals surface area (Å²) >= 11 is 3.01. The van der Waals surface area contributed by atoms with E-state index in [9.17, 15) is 9.18 Å².